The molecule has 1 spiro atoms. The van der Waals surface area contributed by atoms with Crippen molar-refractivity contribution in [3.8, 4) is 5.75 Å². The first-order valence-corrected chi connectivity index (χ1v) is 5.82. The van der Waals surface area contributed by atoms with Crippen molar-refractivity contribution in [1.82, 2.24) is 0 Å². The van der Waals surface area contributed by atoms with Crippen molar-refractivity contribution >= 4 is 11.6 Å². The first-order valence-electron chi connectivity index (χ1n) is 5.82. The number of hydrogen-bond acceptors (Lipinski definition) is 3. The summed E-state index contributed by atoms with van der Waals surface area (Å²) < 4.78 is 5.24. The van der Waals surface area contributed by atoms with Crippen LogP contribution in [-0.4, -0.2) is 26.6 Å². The van der Waals surface area contributed by atoms with Crippen molar-refractivity contribution in [2.45, 2.75) is 11.8 Å². The van der Waals surface area contributed by atoms with Gasteiger partial charge in [0.25, 0.3) is 0 Å². The molecule has 1 aliphatic heterocycles. The fourth-order valence-corrected chi connectivity index (χ4v) is 3.02. The second-order valence-corrected chi connectivity index (χ2v) is 4.86. The number of rotatable bonds is 2. The van der Waals surface area contributed by atoms with E-state index in [1.54, 1.807) is 12.0 Å². The molecule has 1 aromatic carbocycles. The van der Waals surface area contributed by atoms with Crippen LogP contribution < -0.4 is 15.4 Å². The van der Waals surface area contributed by atoms with Gasteiger partial charge in [-0.15, -0.1) is 0 Å². The van der Waals surface area contributed by atoms with E-state index in [2.05, 4.69) is 0 Å². The van der Waals surface area contributed by atoms with Crippen LogP contribution in [0.5, 0.6) is 5.75 Å². The first-order chi connectivity index (χ1) is 8.15. The van der Waals surface area contributed by atoms with Crippen LogP contribution in [-0.2, 0) is 10.2 Å². The van der Waals surface area contributed by atoms with Crippen LogP contribution in [0.1, 0.15) is 12.0 Å². The molecule has 2 N–H and O–H groups in total. The van der Waals surface area contributed by atoms with E-state index in [9.17, 15) is 4.79 Å². The fraction of sp³-hybridized carbons (Fsp3) is 0.462. The number of likely N-dealkylation sites (N-methyl/N-ethyl adjacent to an activating group) is 1. The Bertz CT molecular complexity index is 500. The number of nitrogens with zero attached hydrogens (tertiary/aromatic N) is 1. The lowest BCUT2D eigenvalue weighted by atomic mass is 9.94. The van der Waals surface area contributed by atoms with Gasteiger partial charge in [0.1, 0.15) is 5.75 Å². The van der Waals surface area contributed by atoms with E-state index >= 15 is 0 Å². The predicted molar refractivity (Wildman–Crippen MR) is 65.2 cm³/mol. The molecular weight excluding hydrogens is 216 g/mol. The summed E-state index contributed by atoms with van der Waals surface area (Å²) in [6.07, 6.45) is 0.868. The SMILES string of the molecule is COc1ccc2c(c1)C1(CC1CN)C(=O)N2C. The number of hydrogen-bond donors (Lipinski definition) is 1. The molecule has 4 heteroatoms. The molecule has 17 heavy (non-hydrogen) atoms. The van der Waals surface area contributed by atoms with Gasteiger partial charge in [-0.05, 0) is 42.6 Å². The molecule has 2 unspecified atom stereocenters. The summed E-state index contributed by atoms with van der Waals surface area (Å²) in [7, 11) is 3.47. The lowest BCUT2D eigenvalue weighted by molar-refractivity contribution is -0.120. The maximum absolute atomic E-state index is 12.3. The third-order valence-corrected chi connectivity index (χ3v) is 4.12. The number of fused-ring (bicyclic) bond motifs is 2. The minimum absolute atomic E-state index is 0.177. The van der Waals surface area contributed by atoms with Crippen LogP contribution >= 0.6 is 0 Å². The van der Waals surface area contributed by atoms with Crippen molar-refractivity contribution in [3.05, 3.63) is 23.8 Å². The van der Waals surface area contributed by atoms with E-state index in [4.69, 9.17) is 10.5 Å². The summed E-state index contributed by atoms with van der Waals surface area (Å²) in [5.74, 6) is 1.26. The molecule has 0 aromatic heterocycles. The second-order valence-electron chi connectivity index (χ2n) is 4.86. The highest BCUT2D eigenvalue weighted by molar-refractivity contribution is 6.10. The van der Waals surface area contributed by atoms with Crippen LogP contribution in [0.15, 0.2) is 18.2 Å². The Morgan fingerprint density at radius 2 is 2.35 bits per heavy atom. The molecule has 4 nitrogen and oxygen atoms in total. The Morgan fingerprint density at radius 3 is 2.94 bits per heavy atom. The smallest absolute Gasteiger partial charge is 0.237 e. The minimum Gasteiger partial charge on any atom is -0.497 e. The monoisotopic (exact) mass is 232 g/mol. The summed E-state index contributed by atoms with van der Waals surface area (Å²) >= 11 is 0. The zero-order chi connectivity index (χ0) is 12.2. The van der Waals surface area contributed by atoms with Crippen molar-refractivity contribution in [2.24, 2.45) is 11.7 Å². The highest BCUT2D eigenvalue weighted by atomic mass is 16.5. The maximum Gasteiger partial charge on any atom is 0.237 e. The van der Waals surface area contributed by atoms with Crippen molar-refractivity contribution in [2.75, 3.05) is 25.6 Å². The summed E-state index contributed by atoms with van der Waals surface area (Å²) in [4.78, 5) is 14.1. The number of carbonyl (C=O) groups excluding carboxylic acids is 1. The Hall–Kier alpha value is -1.55. The quantitative estimate of drug-likeness (QED) is 0.823. The van der Waals surface area contributed by atoms with E-state index < -0.39 is 0 Å². The number of amides is 1. The highest BCUT2D eigenvalue weighted by Crippen LogP contribution is 2.61. The number of ether oxygens (including phenoxy) is 1. The molecule has 1 aromatic rings. The number of benzene rings is 1. The number of nitrogens with two attached hydrogens (primary N) is 1. The van der Waals surface area contributed by atoms with Gasteiger partial charge < -0.3 is 15.4 Å². The second kappa shape index (κ2) is 3.23. The Labute approximate surface area is 100 Å². The average molecular weight is 232 g/mol. The average Bonchev–Trinajstić information content (AvgIpc) is 3.07. The van der Waals surface area contributed by atoms with Gasteiger partial charge in [0.2, 0.25) is 5.91 Å². The van der Waals surface area contributed by atoms with Crippen molar-refractivity contribution in [3.63, 3.8) is 0 Å². The van der Waals surface area contributed by atoms with Crippen LogP contribution in [0.3, 0.4) is 0 Å². The fourth-order valence-electron chi connectivity index (χ4n) is 3.02. The zero-order valence-electron chi connectivity index (χ0n) is 10.1. The van der Waals surface area contributed by atoms with Gasteiger partial charge in [0.15, 0.2) is 0 Å². The Morgan fingerprint density at radius 1 is 1.59 bits per heavy atom. The van der Waals surface area contributed by atoms with Gasteiger partial charge in [0.05, 0.1) is 12.5 Å². The number of methoxy groups -OCH3 is 1. The topological polar surface area (TPSA) is 55.6 Å². The van der Waals surface area contributed by atoms with Crippen molar-refractivity contribution < 1.29 is 9.53 Å². The third kappa shape index (κ3) is 1.13. The van der Waals surface area contributed by atoms with E-state index in [0.717, 1.165) is 23.4 Å². The molecule has 1 saturated carbocycles. The standard InChI is InChI=1S/C13H16N2O2/c1-15-11-4-3-9(17-2)5-10(11)13(12(15)16)6-8(13)7-14/h3-5,8H,6-7,14H2,1-2H3. The molecule has 1 amide bonds. The van der Waals surface area contributed by atoms with Crippen LogP contribution in [0.4, 0.5) is 5.69 Å². The normalized spacial score (nSPS) is 29.7. The van der Waals surface area contributed by atoms with Crippen LogP contribution in [0.2, 0.25) is 0 Å². The molecule has 3 rings (SSSR count). The highest BCUT2D eigenvalue weighted by Gasteiger charge is 2.65. The lowest BCUT2D eigenvalue weighted by Crippen LogP contribution is -2.30. The summed E-state index contributed by atoms with van der Waals surface area (Å²) in [5.41, 5.74) is 7.44. The van der Waals surface area contributed by atoms with Gasteiger partial charge in [-0.2, -0.15) is 0 Å². The largest absolute Gasteiger partial charge is 0.497 e. The van der Waals surface area contributed by atoms with Gasteiger partial charge in [0, 0.05) is 12.7 Å². The number of carbonyl (C=O) groups is 1. The zero-order valence-corrected chi connectivity index (χ0v) is 10.1. The van der Waals surface area contributed by atoms with Gasteiger partial charge in [-0.1, -0.05) is 0 Å². The Balaban J connectivity index is 2.14. The molecule has 1 heterocycles. The van der Waals surface area contributed by atoms with Crippen LogP contribution in [0.25, 0.3) is 0 Å². The van der Waals surface area contributed by atoms with Gasteiger partial charge in [-0.25, -0.2) is 0 Å². The van der Waals surface area contributed by atoms with E-state index in [-0.39, 0.29) is 17.2 Å². The third-order valence-electron chi connectivity index (χ3n) is 4.12. The molecule has 0 radical (unpaired) electrons. The van der Waals surface area contributed by atoms with Gasteiger partial charge in [-0.3, -0.25) is 4.79 Å². The van der Waals surface area contributed by atoms with Gasteiger partial charge >= 0.3 is 0 Å². The van der Waals surface area contributed by atoms with E-state index in [1.165, 1.54) is 0 Å². The minimum atomic E-state index is -0.354. The van der Waals surface area contributed by atoms with E-state index in [1.807, 2.05) is 25.2 Å². The maximum atomic E-state index is 12.3. The molecule has 1 aliphatic carbocycles. The lowest BCUT2D eigenvalue weighted by Gasteiger charge is -2.10. The summed E-state index contributed by atoms with van der Waals surface area (Å²) in [6, 6.07) is 5.82. The molecule has 2 atom stereocenters. The van der Waals surface area contributed by atoms with Crippen molar-refractivity contribution in [1.29, 1.82) is 0 Å². The summed E-state index contributed by atoms with van der Waals surface area (Å²) in [5, 5.41) is 0. The number of anilines is 1. The molecule has 90 valence electrons. The summed E-state index contributed by atoms with van der Waals surface area (Å²) in [6.45, 7) is 0.566. The predicted octanol–water partition coefficient (Wildman–Crippen LogP) is 0.888. The molecule has 1 fully saturated rings. The molecule has 2 aliphatic rings. The van der Waals surface area contributed by atoms with E-state index in [0.29, 0.717) is 6.54 Å². The molecular formula is C13H16N2O2. The van der Waals surface area contributed by atoms with Crippen LogP contribution in [0, 0.1) is 5.92 Å². The Kier molecular flexibility index (Phi) is 2.01. The first kappa shape index (κ1) is 10.6. The molecule has 0 bridgehead atoms. The molecule has 0 saturated heterocycles.